The summed E-state index contributed by atoms with van der Waals surface area (Å²) in [5.41, 5.74) is 1.81. The van der Waals surface area contributed by atoms with Crippen molar-refractivity contribution in [1.29, 1.82) is 0 Å². The summed E-state index contributed by atoms with van der Waals surface area (Å²) in [6.45, 7) is 7.37. The van der Waals surface area contributed by atoms with Crippen LogP contribution in [-0.4, -0.2) is 17.0 Å². The number of hydrogen-bond acceptors (Lipinski definition) is 4. The van der Waals surface area contributed by atoms with E-state index in [1.807, 2.05) is 51.1 Å². The summed E-state index contributed by atoms with van der Waals surface area (Å²) in [6, 6.07) is 14.9. The topological polar surface area (TPSA) is 60.5 Å². The number of amides is 1. The van der Waals surface area contributed by atoms with Crippen molar-refractivity contribution in [3.05, 3.63) is 59.1 Å². The van der Waals surface area contributed by atoms with Crippen molar-refractivity contribution in [2.24, 2.45) is 0 Å². The van der Waals surface area contributed by atoms with Gasteiger partial charge in [0.15, 0.2) is 0 Å². The molecule has 6 heteroatoms. The van der Waals surface area contributed by atoms with E-state index in [1.165, 1.54) is 6.92 Å². The number of carbonyl (C=O) groups excluding carboxylic acids is 1. The molecule has 146 valence electrons. The highest BCUT2D eigenvalue weighted by molar-refractivity contribution is 6.32. The largest absolute Gasteiger partial charge is 0.491 e. The molecule has 0 bridgehead atoms. The molecule has 0 saturated heterocycles. The lowest BCUT2D eigenvalue weighted by molar-refractivity contribution is -0.119. The number of carbonyl (C=O) groups is 1. The van der Waals surface area contributed by atoms with Gasteiger partial charge in [0.25, 0.3) is 0 Å². The molecule has 3 rings (SSSR count). The Balaban J connectivity index is 1.80. The van der Waals surface area contributed by atoms with E-state index in [4.69, 9.17) is 21.1 Å². The number of halogens is 1. The minimum absolute atomic E-state index is 0.0591. The first-order valence-electron chi connectivity index (χ1n) is 9.13. The van der Waals surface area contributed by atoms with Crippen LogP contribution in [0.3, 0.4) is 0 Å². The number of ether oxygens (including phenoxy) is 2. The van der Waals surface area contributed by atoms with Crippen LogP contribution in [-0.2, 0) is 4.79 Å². The first-order chi connectivity index (χ1) is 13.3. The van der Waals surface area contributed by atoms with Crippen LogP contribution in [0.4, 0.5) is 0 Å². The second kappa shape index (κ2) is 8.48. The highest BCUT2D eigenvalue weighted by Gasteiger charge is 2.10. The molecule has 0 saturated carbocycles. The van der Waals surface area contributed by atoms with Crippen LogP contribution < -0.4 is 14.8 Å². The van der Waals surface area contributed by atoms with E-state index in [0.29, 0.717) is 22.4 Å². The molecule has 5 nitrogen and oxygen atoms in total. The predicted octanol–water partition coefficient (Wildman–Crippen LogP) is 5.66. The number of rotatable bonds is 6. The molecule has 2 aromatic carbocycles. The lowest BCUT2D eigenvalue weighted by Gasteiger charge is -2.14. The molecule has 1 aromatic heterocycles. The third-order valence-corrected chi connectivity index (χ3v) is 4.39. The molecule has 0 radical (unpaired) electrons. The van der Waals surface area contributed by atoms with Crippen molar-refractivity contribution in [2.75, 3.05) is 0 Å². The van der Waals surface area contributed by atoms with E-state index in [-0.39, 0.29) is 18.1 Å². The van der Waals surface area contributed by atoms with E-state index in [9.17, 15) is 4.79 Å². The van der Waals surface area contributed by atoms with Gasteiger partial charge in [0.2, 0.25) is 11.8 Å². The Morgan fingerprint density at radius 3 is 2.54 bits per heavy atom. The molecule has 3 aromatic rings. The van der Waals surface area contributed by atoms with E-state index in [2.05, 4.69) is 10.3 Å². The summed E-state index contributed by atoms with van der Waals surface area (Å²) in [7, 11) is 0. The zero-order valence-corrected chi connectivity index (χ0v) is 17.1. The first-order valence-corrected chi connectivity index (χ1v) is 9.51. The molecule has 1 amide bonds. The fourth-order valence-electron chi connectivity index (χ4n) is 2.86. The van der Waals surface area contributed by atoms with Crippen molar-refractivity contribution in [3.63, 3.8) is 0 Å². The highest BCUT2D eigenvalue weighted by atomic mass is 35.5. The average Bonchev–Trinajstić information content (AvgIpc) is 2.62. The van der Waals surface area contributed by atoms with Gasteiger partial charge in [-0.05, 0) is 56.7 Å². The van der Waals surface area contributed by atoms with Gasteiger partial charge in [0, 0.05) is 24.4 Å². The Morgan fingerprint density at radius 1 is 1.07 bits per heavy atom. The molecule has 1 N–H and O–H groups in total. The molecular formula is C22H23ClN2O3. The Morgan fingerprint density at radius 2 is 1.86 bits per heavy atom. The van der Waals surface area contributed by atoms with Crippen molar-refractivity contribution in [3.8, 4) is 17.4 Å². The van der Waals surface area contributed by atoms with E-state index >= 15 is 0 Å². The van der Waals surface area contributed by atoms with Crippen molar-refractivity contribution in [2.45, 2.75) is 39.8 Å². The van der Waals surface area contributed by atoms with Crippen molar-refractivity contribution >= 4 is 28.4 Å². The second-order valence-electron chi connectivity index (χ2n) is 6.88. The Hall–Kier alpha value is -2.79. The molecule has 1 unspecified atom stereocenters. The summed E-state index contributed by atoms with van der Waals surface area (Å²) in [4.78, 5) is 15.8. The Labute approximate surface area is 169 Å². The number of aromatic nitrogens is 1. The van der Waals surface area contributed by atoms with Gasteiger partial charge in [-0.2, -0.15) is 0 Å². The lowest BCUT2D eigenvalue weighted by atomic mass is 10.1. The van der Waals surface area contributed by atoms with E-state index < -0.39 is 0 Å². The minimum atomic E-state index is -0.0665. The first kappa shape index (κ1) is 20.0. The molecule has 0 spiro atoms. The van der Waals surface area contributed by atoms with Crippen LogP contribution >= 0.6 is 11.6 Å². The van der Waals surface area contributed by atoms with Crippen LogP contribution in [0.5, 0.6) is 17.4 Å². The van der Waals surface area contributed by atoms with Gasteiger partial charge in [-0.15, -0.1) is 0 Å². The number of nitrogens with one attached hydrogen (secondary N) is 1. The quantitative estimate of drug-likeness (QED) is 0.581. The second-order valence-corrected chi connectivity index (χ2v) is 7.29. The molecule has 0 aliphatic carbocycles. The van der Waals surface area contributed by atoms with Gasteiger partial charge in [0.05, 0.1) is 22.7 Å². The standard InChI is InChI=1S/C22H23ClN2O3/c1-13(2)27-18-7-9-21(19(23)12-18)28-22-10-6-17-11-16(5-8-20(17)25-22)14(3)24-15(4)26/h5-14H,1-4H3,(H,24,26). The molecule has 0 fully saturated rings. The minimum Gasteiger partial charge on any atom is -0.491 e. The van der Waals surface area contributed by atoms with Gasteiger partial charge in [0.1, 0.15) is 11.5 Å². The molecule has 0 aliphatic rings. The number of fused-ring (bicyclic) bond motifs is 1. The maximum Gasteiger partial charge on any atom is 0.219 e. The van der Waals surface area contributed by atoms with Crippen LogP contribution in [0.15, 0.2) is 48.5 Å². The Kier molecular flexibility index (Phi) is 6.05. The van der Waals surface area contributed by atoms with Crippen LogP contribution in [0.2, 0.25) is 5.02 Å². The van der Waals surface area contributed by atoms with Crippen molar-refractivity contribution < 1.29 is 14.3 Å². The van der Waals surface area contributed by atoms with Crippen LogP contribution in [0.25, 0.3) is 10.9 Å². The monoisotopic (exact) mass is 398 g/mol. The van der Waals surface area contributed by atoms with Crippen LogP contribution in [0, 0.1) is 0 Å². The van der Waals surface area contributed by atoms with E-state index in [0.717, 1.165) is 16.5 Å². The maximum atomic E-state index is 11.3. The number of pyridine rings is 1. The summed E-state index contributed by atoms with van der Waals surface area (Å²) >= 11 is 6.31. The van der Waals surface area contributed by atoms with Gasteiger partial charge in [-0.1, -0.05) is 17.7 Å². The third-order valence-electron chi connectivity index (χ3n) is 4.10. The molecular weight excluding hydrogens is 376 g/mol. The summed E-state index contributed by atoms with van der Waals surface area (Å²) < 4.78 is 11.5. The summed E-state index contributed by atoms with van der Waals surface area (Å²) in [6.07, 6.45) is 0.0724. The third kappa shape index (κ3) is 4.93. The maximum absolute atomic E-state index is 11.3. The summed E-state index contributed by atoms with van der Waals surface area (Å²) in [5.74, 6) is 1.60. The average molecular weight is 399 g/mol. The number of hydrogen-bond donors (Lipinski definition) is 1. The Bertz CT molecular complexity index is 1000. The van der Waals surface area contributed by atoms with Gasteiger partial charge in [-0.3, -0.25) is 4.79 Å². The number of nitrogens with zero attached hydrogens (tertiary/aromatic N) is 1. The highest BCUT2D eigenvalue weighted by Crippen LogP contribution is 2.33. The smallest absolute Gasteiger partial charge is 0.219 e. The molecule has 28 heavy (non-hydrogen) atoms. The molecule has 1 heterocycles. The SMILES string of the molecule is CC(=O)NC(C)c1ccc2nc(Oc3ccc(OC(C)C)cc3Cl)ccc2c1. The fraction of sp³-hybridized carbons (Fsp3) is 0.273. The van der Waals surface area contributed by atoms with Crippen molar-refractivity contribution in [1.82, 2.24) is 10.3 Å². The lowest BCUT2D eigenvalue weighted by Crippen LogP contribution is -2.23. The fourth-order valence-corrected chi connectivity index (χ4v) is 3.07. The molecule has 1 atom stereocenters. The summed E-state index contributed by atoms with van der Waals surface area (Å²) in [5, 5.41) is 4.31. The number of benzene rings is 2. The zero-order valence-electron chi connectivity index (χ0n) is 16.3. The normalized spacial score (nSPS) is 12.1. The zero-order chi connectivity index (χ0) is 20.3. The van der Waals surface area contributed by atoms with Gasteiger partial charge in [-0.25, -0.2) is 4.98 Å². The predicted molar refractivity (Wildman–Crippen MR) is 111 cm³/mol. The van der Waals surface area contributed by atoms with Crippen LogP contribution in [0.1, 0.15) is 39.3 Å². The van der Waals surface area contributed by atoms with Gasteiger partial charge >= 0.3 is 0 Å². The molecule has 0 aliphatic heterocycles. The van der Waals surface area contributed by atoms with Gasteiger partial charge < -0.3 is 14.8 Å². The van der Waals surface area contributed by atoms with E-state index in [1.54, 1.807) is 18.2 Å².